The van der Waals surface area contributed by atoms with Crippen LogP contribution in [0.3, 0.4) is 0 Å². The molecule has 0 fully saturated rings. The molecule has 1 rings (SSSR count). The van der Waals surface area contributed by atoms with Crippen molar-refractivity contribution in [3.63, 3.8) is 0 Å². The number of aromatic nitrogens is 1. The van der Waals surface area contributed by atoms with Gasteiger partial charge in [0.05, 0.1) is 4.92 Å². The lowest BCUT2D eigenvalue weighted by atomic mass is 10.2. The predicted octanol–water partition coefficient (Wildman–Crippen LogP) is 2.40. The first-order chi connectivity index (χ1) is 6.99. The van der Waals surface area contributed by atoms with E-state index in [-0.39, 0.29) is 9.26 Å². The van der Waals surface area contributed by atoms with Crippen LogP contribution < -0.4 is 0 Å². The maximum Gasteiger partial charge on any atom is 0.296 e. The van der Waals surface area contributed by atoms with Gasteiger partial charge in [0.25, 0.3) is 12.1 Å². The average molecular weight is 325 g/mol. The van der Waals surface area contributed by atoms with Gasteiger partial charge in [0.1, 0.15) is 15.2 Å². The van der Waals surface area contributed by atoms with Crippen LogP contribution >= 0.6 is 22.6 Å². The first-order valence-corrected chi connectivity index (χ1v) is 4.58. The van der Waals surface area contributed by atoms with Gasteiger partial charge in [-0.3, -0.25) is 10.1 Å². The molecule has 78 valence electrons. The lowest BCUT2D eigenvalue weighted by molar-refractivity contribution is -0.387. The summed E-state index contributed by atoms with van der Waals surface area (Å²) in [7, 11) is 0. The van der Waals surface area contributed by atoms with Gasteiger partial charge in [0.2, 0.25) is 0 Å². The van der Waals surface area contributed by atoms with Crippen LogP contribution in [0.1, 0.15) is 17.7 Å². The van der Waals surface area contributed by atoms with Crippen molar-refractivity contribution in [3.05, 3.63) is 31.1 Å². The Bertz CT molecular complexity index is 458. The summed E-state index contributed by atoms with van der Waals surface area (Å²) in [6.07, 6.45) is -2.33. The number of nitriles is 1. The van der Waals surface area contributed by atoms with Crippen molar-refractivity contribution >= 4 is 28.3 Å². The summed E-state index contributed by atoms with van der Waals surface area (Å²) in [5, 5.41) is 19.1. The Kier molecular flexibility index (Phi) is 3.46. The van der Waals surface area contributed by atoms with Gasteiger partial charge < -0.3 is 0 Å². The summed E-state index contributed by atoms with van der Waals surface area (Å²) in [6, 6.07) is 1.59. The highest BCUT2D eigenvalue weighted by atomic mass is 127. The molecule has 0 saturated carbocycles. The molecule has 0 aliphatic rings. The number of hydrogen-bond donors (Lipinski definition) is 0. The second-order valence-electron chi connectivity index (χ2n) is 2.39. The van der Waals surface area contributed by atoms with Crippen molar-refractivity contribution in [2.75, 3.05) is 0 Å². The van der Waals surface area contributed by atoms with E-state index in [0.29, 0.717) is 6.20 Å². The molecule has 0 aliphatic carbocycles. The van der Waals surface area contributed by atoms with Gasteiger partial charge in [-0.1, -0.05) is 0 Å². The van der Waals surface area contributed by atoms with Crippen LogP contribution in [0.5, 0.6) is 0 Å². The van der Waals surface area contributed by atoms with Gasteiger partial charge in [-0.25, -0.2) is 13.8 Å². The molecule has 0 amide bonds. The molecule has 0 bridgehead atoms. The van der Waals surface area contributed by atoms with Crippen molar-refractivity contribution in [3.8, 4) is 6.07 Å². The summed E-state index contributed by atoms with van der Waals surface area (Å²) in [5.41, 5.74) is -1.76. The fourth-order valence-electron chi connectivity index (χ4n) is 0.914. The van der Waals surface area contributed by atoms with E-state index in [1.165, 1.54) is 22.6 Å². The van der Waals surface area contributed by atoms with E-state index in [2.05, 4.69) is 4.98 Å². The number of halogens is 3. The molecule has 0 spiro atoms. The summed E-state index contributed by atoms with van der Waals surface area (Å²) in [4.78, 5) is 13.0. The minimum absolute atomic E-state index is 0.169. The van der Waals surface area contributed by atoms with Crippen LogP contribution in [0.15, 0.2) is 6.20 Å². The zero-order valence-electron chi connectivity index (χ0n) is 6.95. The molecule has 1 aromatic rings. The molecule has 0 N–H and O–H groups in total. The van der Waals surface area contributed by atoms with E-state index in [0.717, 1.165) is 0 Å². The smallest absolute Gasteiger partial charge is 0.258 e. The van der Waals surface area contributed by atoms with Gasteiger partial charge in [-0.2, -0.15) is 5.26 Å². The Balaban J connectivity index is 3.53. The third-order valence-corrected chi connectivity index (χ3v) is 2.57. The second-order valence-corrected chi connectivity index (χ2v) is 3.47. The van der Waals surface area contributed by atoms with Gasteiger partial charge in [0.15, 0.2) is 5.69 Å². The molecule has 0 unspecified atom stereocenters. The van der Waals surface area contributed by atoms with E-state index in [1.807, 2.05) is 0 Å². The summed E-state index contributed by atoms with van der Waals surface area (Å²) in [5.74, 6) is 0. The zero-order valence-corrected chi connectivity index (χ0v) is 9.10. The van der Waals surface area contributed by atoms with Crippen molar-refractivity contribution in [1.82, 2.24) is 4.98 Å². The van der Waals surface area contributed by atoms with E-state index < -0.39 is 22.6 Å². The Labute approximate surface area is 96.0 Å². The molecular weight excluding hydrogens is 323 g/mol. The molecule has 0 aromatic carbocycles. The SMILES string of the molecule is N#Cc1ncc(C(F)F)c([N+](=O)[O-])c1I. The first-order valence-electron chi connectivity index (χ1n) is 3.50. The van der Waals surface area contributed by atoms with Gasteiger partial charge in [0, 0.05) is 6.20 Å². The number of rotatable bonds is 2. The van der Waals surface area contributed by atoms with Crippen molar-refractivity contribution in [1.29, 1.82) is 5.26 Å². The van der Waals surface area contributed by atoms with Gasteiger partial charge >= 0.3 is 0 Å². The van der Waals surface area contributed by atoms with Crippen LogP contribution in [0.2, 0.25) is 0 Å². The molecule has 1 heterocycles. The standard InChI is InChI=1S/C7H2F2IN3O2/c8-7(9)3-2-12-4(1-11)5(10)6(3)13(14)15/h2,7H. The van der Waals surface area contributed by atoms with Crippen molar-refractivity contribution in [2.24, 2.45) is 0 Å². The lowest BCUT2D eigenvalue weighted by Crippen LogP contribution is -2.02. The molecule has 0 radical (unpaired) electrons. The highest BCUT2D eigenvalue weighted by molar-refractivity contribution is 14.1. The third kappa shape index (κ3) is 2.17. The lowest BCUT2D eigenvalue weighted by Gasteiger charge is -2.03. The summed E-state index contributed by atoms with van der Waals surface area (Å²) < 4.78 is 24.6. The van der Waals surface area contributed by atoms with Crippen LogP contribution in [0.25, 0.3) is 0 Å². The first kappa shape index (κ1) is 11.7. The van der Waals surface area contributed by atoms with Crippen LogP contribution in [-0.2, 0) is 0 Å². The minimum atomic E-state index is -2.99. The Morgan fingerprint density at radius 3 is 2.67 bits per heavy atom. The normalized spacial score (nSPS) is 10.1. The molecule has 0 aliphatic heterocycles. The quantitative estimate of drug-likeness (QED) is 0.475. The highest BCUT2D eigenvalue weighted by Crippen LogP contribution is 2.33. The predicted molar refractivity (Wildman–Crippen MR) is 53.3 cm³/mol. The maximum absolute atomic E-state index is 12.4. The third-order valence-electron chi connectivity index (χ3n) is 1.55. The fourth-order valence-corrected chi connectivity index (χ4v) is 1.68. The highest BCUT2D eigenvalue weighted by Gasteiger charge is 2.27. The molecule has 0 atom stereocenters. The minimum Gasteiger partial charge on any atom is -0.258 e. The topological polar surface area (TPSA) is 79.8 Å². The molecule has 1 aromatic heterocycles. The van der Waals surface area contributed by atoms with Gasteiger partial charge in [-0.15, -0.1) is 0 Å². The second kappa shape index (κ2) is 4.43. The van der Waals surface area contributed by atoms with Crippen LogP contribution in [0.4, 0.5) is 14.5 Å². The number of nitro groups is 1. The van der Waals surface area contributed by atoms with Crippen molar-refractivity contribution in [2.45, 2.75) is 6.43 Å². The van der Waals surface area contributed by atoms with E-state index in [4.69, 9.17) is 5.26 Å². The number of alkyl halides is 2. The molecular formula is C7H2F2IN3O2. The van der Waals surface area contributed by atoms with E-state index in [1.54, 1.807) is 6.07 Å². The Hall–Kier alpha value is -1.37. The zero-order chi connectivity index (χ0) is 11.6. The monoisotopic (exact) mass is 325 g/mol. The van der Waals surface area contributed by atoms with Crippen LogP contribution in [0, 0.1) is 25.0 Å². The molecule has 0 saturated heterocycles. The molecule has 5 nitrogen and oxygen atoms in total. The average Bonchev–Trinajstić information content (AvgIpc) is 2.16. The summed E-state index contributed by atoms with van der Waals surface area (Å²) >= 11 is 1.46. The maximum atomic E-state index is 12.4. The van der Waals surface area contributed by atoms with E-state index >= 15 is 0 Å². The number of hydrogen-bond acceptors (Lipinski definition) is 4. The van der Waals surface area contributed by atoms with E-state index in [9.17, 15) is 18.9 Å². The number of nitrogens with zero attached hydrogens (tertiary/aromatic N) is 3. The van der Waals surface area contributed by atoms with Crippen LogP contribution in [-0.4, -0.2) is 9.91 Å². The fraction of sp³-hybridized carbons (Fsp3) is 0.143. The Morgan fingerprint density at radius 2 is 2.27 bits per heavy atom. The summed E-state index contributed by atoms with van der Waals surface area (Å²) in [6.45, 7) is 0. The number of pyridine rings is 1. The largest absolute Gasteiger partial charge is 0.296 e. The molecule has 15 heavy (non-hydrogen) atoms. The van der Waals surface area contributed by atoms with Crippen molar-refractivity contribution < 1.29 is 13.7 Å². The van der Waals surface area contributed by atoms with Gasteiger partial charge in [-0.05, 0) is 22.6 Å². The Morgan fingerprint density at radius 1 is 1.67 bits per heavy atom. The molecule has 8 heteroatoms.